The van der Waals surface area contributed by atoms with Crippen molar-refractivity contribution in [1.29, 1.82) is 0 Å². The van der Waals surface area contributed by atoms with Gasteiger partial charge in [-0.05, 0) is 68.8 Å². The molecule has 1 amide bonds. The second-order valence-electron chi connectivity index (χ2n) is 6.65. The number of amides is 1. The smallest absolute Gasteiger partial charge is 0.264 e. The summed E-state index contributed by atoms with van der Waals surface area (Å²) in [5, 5.41) is 2.87. The van der Waals surface area contributed by atoms with E-state index in [1.807, 2.05) is 20.8 Å². The van der Waals surface area contributed by atoms with Gasteiger partial charge in [-0.3, -0.25) is 9.10 Å². The van der Waals surface area contributed by atoms with Gasteiger partial charge >= 0.3 is 0 Å². The number of nitrogens with zero attached hydrogens (tertiary/aromatic N) is 1. The third-order valence-electron chi connectivity index (χ3n) is 4.25. The lowest BCUT2D eigenvalue weighted by atomic mass is 10.2. The molecule has 6 nitrogen and oxygen atoms in total. The summed E-state index contributed by atoms with van der Waals surface area (Å²) in [6.07, 6.45) is 1.76. The van der Waals surface area contributed by atoms with Gasteiger partial charge < -0.3 is 10.1 Å². The highest BCUT2D eigenvalue weighted by atomic mass is 79.9. The van der Waals surface area contributed by atoms with Gasteiger partial charge in [-0.2, -0.15) is 0 Å². The molecule has 29 heavy (non-hydrogen) atoms. The molecule has 0 aliphatic carbocycles. The van der Waals surface area contributed by atoms with Gasteiger partial charge in [0.05, 0.1) is 17.2 Å². The molecule has 158 valence electrons. The van der Waals surface area contributed by atoms with Crippen LogP contribution in [0.25, 0.3) is 0 Å². The van der Waals surface area contributed by atoms with Crippen molar-refractivity contribution in [3.63, 3.8) is 0 Å². The lowest BCUT2D eigenvalue weighted by molar-refractivity contribution is -0.120. The van der Waals surface area contributed by atoms with E-state index in [2.05, 4.69) is 21.2 Å². The highest BCUT2D eigenvalue weighted by Gasteiger charge is 2.27. The minimum Gasteiger partial charge on any atom is -0.494 e. The highest BCUT2D eigenvalue weighted by Crippen LogP contribution is 2.26. The second-order valence-corrected chi connectivity index (χ2v) is 9.43. The van der Waals surface area contributed by atoms with Crippen LogP contribution in [0.15, 0.2) is 57.9 Å². The number of carbonyl (C=O) groups excluding carboxylic acids is 1. The van der Waals surface area contributed by atoms with Gasteiger partial charge in [0.15, 0.2) is 0 Å². The molecular weight excluding hydrogens is 456 g/mol. The maximum Gasteiger partial charge on any atom is 0.264 e. The fourth-order valence-corrected chi connectivity index (χ4v) is 4.57. The standard InChI is InChI=1S/C21H27BrN2O4S/c1-4-6-16(3)23-21(25)15-24(18-9-11-19(12-10-18)28-5-2)29(26,27)20-13-7-17(22)8-14-20/h7-14,16H,4-6,15H2,1-3H3,(H,23,25)/t16-/m0/s1. The predicted molar refractivity (Wildman–Crippen MR) is 119 cm³/mol. The number of anilines is 1. The molecule has 2 aromatic rings. The first kappa shape index (κ1) is 23.2. The van der Waals surface area contributed by atoms with Crippen LogP contribution in [0.1, 0.15) is 33.6 Å². The minimum atomic E-state index is -3.93. The molecule has 2 aromatic carbocycles. The average molecular weight is 483 g/mol. The summed E-state index contributed by atoms with van der Waals surface area (Å²) in [6.45, 7) is 6.02. The molecule has 0 aromatic heterocycles. The largest absolute Gasteiger partial charge is 0.494 e. The number of sulfonamides is 1. The van der Waals surface area contributed by atoms with Crippen molar-refractivity contribution in [2.45, 2.75) is 44.6 Å². The third-order valence-corrected chi connectivity index (χ3v) is 6.57. The third kappa shape index (κ3) is 6.47. The lowest BCUT2D eigenvalue weighted by Crippen LogP contribution is -2.43. The molecule has 0 fully saturated rings. The first-order valence-electron chi connectivity index (χ1n) is 9.58. The van der Waals surface area contributed by atoms with Crippen molar-refractivity contribution in [1.82, 2.24) is 5.32 Å². The predicted octanol–water partition coefficient (Wildman–Crippen LogP) is 4.35. The van der Waals surface area contributed by atoms with Crippen molar-refractivity contribution in [3.05, 3.63) is 53.0 Å². The summed E-state index contributed by atoms with van der Waals surface area (Å²) >= 11 is 3.31. The van der Waals surface area contributed by atoms with Crippen molar-refractivity contribution in [2.24, 2.45) is 0 Å². The molecule has 0 aliphatic rings. The van der Waals surface area contributed by atoms with E-state index in [4.69, 9.17) is 4.74 Å². The van der Waals surface area contributed by atoms with E-state index in [-0.39, 0.29) is 23.4 Å². The van der Waals surface area contributed by atoms with Gasteiger partial charge in [0, 0.05) is 10.5 Å². The zero-order valence-electron chi connectivity index (χ0n) is 16.9. The Morgan fingerprint density at radius 1 is 1.10 bits per heavy atom. The van der Waals surface area contributed by atoms with Crippen LogP contribution < -0.4 is 14.4 Å². The Kier molecular flexibility index (Phi) is 8.52. The molecule has 8 heteroatoms. The van der Waals surface area contributed by atoms with E-state index in [1.165, 1.54) is 12.1 Å². The molecule has 0 heterocycles. The van der Waals surface area contributed by atoms with Gasteiger partial charge in [0.1, 0.15) is 12.3 Å². The zero-order chi connectivity index (χ0) is 21.4. The van der Waals surface area contributed by atoms with Crippen LogP contribution in [-0.4, -0.2) is 33.5 Å². The summed E-state index contributed by atoms with van der Waals surface area (Å²) in [6, 6.07) is 13.0. The van der Waals surface area contributed by atoms with Crippen molar-refractivity contribution in [2.75, 3.05) is 17.5 Å². The Balaban J connectivity index is 2.36. The zero-order valence-corrected chi connectivity index (χ0v) is 19.3. The van der Waals surface area contributed by atoms with Crippen molar-refractivity contribution >= 4 is 37.5 Å². The quantitative estimate of drug-likeness (QED) is 0.546. The molecule has 0 bridgehead atoms. The van der Waals surface area contributed by atoms with E-state index in [9.17, 15) is 13.2 Å². The van der Waals surface area contributed by atoms with Gasteiger partial charge in [-0.1, -0.05) is 29.3 Å². The number of carbonyl (C=O) groups is 1. The van der Waals surface area contributed by atoms with E-state index in [0.717, 1.165) is 21.6 Å². The normalized spacial score (nSPS) is 12.3. The van der Waals surface area contributed by atoms with Crippen LogP contribution in [-0.2, 0) is 14.8 Å². The SMILES string of the molecule is CCC[C@H](C)NC(=O)CN(c1ccc(OCC)cc1)S(=O)(=O)c1ccc(Br)cc1. The molecule has 0 radical (unpaired) electrons. The van der Waals surface area contributed by atoms with Gasteiger partial charge in [0.2, 0.25) is 5.91 Å². The van der Waals surface area contributed by atoms with Gasteiger partial charge in [-0.15, -0.1) is 0 Å². The summed E-state index contributed by atoms with van der Waals surface area (Å²) in [5.41, 5.74) is 0.398. The van der Waals surface area contributed by atoms with E-state index >= 15 is 0 Å². The Morgan fingerprint density at radius 2 is 1.72 bits per heavy atom. The molecule has 0 aliphatic heterocycles. The summed E-state index contributed by atoms with van der Waals surface area (Å²) in [5.74, 6) is 0.291. The first-order valence-corrected chi connectivity index (χ1v) is 11.8. The molecule has 0 spiro atoms. The fraction of sp³-hybridized carbons (Fsp3) is 0.381. The lowest BCUT2D eigenvalue weighted by Gasteiger charge is -2.25. The monoisotopic (exact) mass is 482 g/mol. The van der Waals surface area contributed by atoms with Gasteiger partial charge in [-0.25, -0.2) is 8.42 Å². The molecule has 0 saturated carbocycles. The Morgan fingerprint density at radius 3 is 2.28 bits per heavy atom. The number of ether oxygens (including phenoxy) is 1. The number of halogens is 1. The molecule has 2 rings (SSSR count). The van der Waals surface area contributed by atoms with Crippen molar-refractivity contribution < 1.29 is 17.9 Å². The van der Waals surface area contributed by atoms with Crippen LogP contribution in [0.4, 0.5) is 5.69 Å². The number of nitrogens with one attached hydrogen (secondary N) is 1. The molecule has 0 unspecified atom stereocenters. The molecule has 1 atom stereocenters. The summed E-state index contributed by atoms with van der Waals surface area (Å²) in [7, 11) is -3.93. The molecule has 0 saturated heterocycles. The maximum absolute atomic E-state index is 13.3. The average Bonchev–Trinajstić information content (AvgIpc) is 2.67. The number of hydrogen-bond acceptors (Lipinski definition) is 4. The number of hydrogen-bond donors (Lipinski definition) is 1. The Labute approximate surface area is 181 Å². The van der Waals surface area contributed by atoms with E-state index in [0.29, 0.717) is 18.0 Å². The summed E-state index contributed by atoms with van der Waals surface area (Å²) < 4.78 is 33.9. The van der Waals surface area contributed by atoms with Crippen LogP contribution >= 0.6 is 15.9 Å². The van der Waals surface area contributed by atoms with E-state index < -0.39 is 10.0 Å². The van der Waals surface area contributed by atoms with Crippen LogP contribution in [0, 0.1) is 0 Å². The molecular formula is C21H27BrN2O4S. The maximum atomic E-state index is 13.3. The fourth-order valence-electron chi connectivity index (χ4n) is 2.88. The van der Waals surface area contributed by atoms with Crippen LogP contribution in [0.5, 0.6) is 5.75 Å². The topological polar surface area (TPSA) is 75.7 Å². The van der Waals surface area contributed by atoms with E-state index in [1.54, 1.807) is 36.4 Å². The number of benzene rings is 2. The Bertz CT molecular complexity index is 899. The minimum absolute atomic E-state index is 0.0231. The molecule has 1 N–H and O–H groups in total. The Hall–Kier alpha value is -2.06. The van der Waals surface area contributed by atoms with Crippen LogP contribution in [0.3, 0.4) is 0 Å². The first-order chi connectivity index (χ1) is 13.8. The van der Waals surface area contributed by atoms with Crippen LogP contribution in [0.2, 0.25) is 0 Å². The van der Waals surface area contributed by atoms with Crippen molar-refractivity contribution in [3.8, 4) is 5.75 Å². The number of rotatable bonds is 10. The highest BCUT2D eigenvalue weighted by molar-refractivity contribution is 9.10. The second kappa shape index (κ2) is 10.6. The summed E-state index contributed by atoms with van der Waals surface area (Å²) in [4.78, 5) is 12.7. The van der Waals surface area contributed by atoms with Gasteiger partial charge in [0.25, 0.3) is 10.0 Å².